The van der Waals surface area contributed by atoms with Crippen molar-refractivity contribution in [3.8, 4) is 6.07 Å². The average Bonchev–Trinajstić information content (AvgIpc) is 2.76. The van der Waals surface area contributed by atoms with Crippen LogP contribution in [0.1, 0.15) is 5.69 Å². The van der Waals surface area contributed by atoms with Crippen molar-refractivity contribution in [3.05, 3.63) is 24.3 Å². The summed E-state index contributed by atoms with van der Waals surface area (Å²) in [5, 5.41) is 15.7. The summed E-state index contributed by atoms with van der Waals surface area (Å²) in [7, 11) is 0. The third-order valence-electron chi connectivity index (χ3n) is 1.69. The zero-order chi connectivity index (χ0) is 13.8. The van der Waals surface area contributed by atoms with Crippen molar-refractivity contribution in [2.75, 3.05) is 0 Å². The average molecular weight is 258 g/mol. The Morgan fingerprint density at radius 1 is 1.44 bits per heavy atom. The number of carboxylic acids is 1. The van der Waals surface area contributed by atoms with E-state index in [1.807, 2.05) is 6.07 Å². The van der Waals surface area contributed by atoms with Crippen molar-refractivity contribution in [2.45, 2.75) is 6.18 Å². The molecular formula is C9H5F3N4O2. The normalized spacial score (nSPS) is 10.3. The number of imidazole rings is 1. The number of nitrogens with zero attached hydrogens (tertiary/aromatic N) is 3. The number of fused-ring (bicyclic) bond motifs is 1. The summed E-state index contributed by atoms with van der Waals surface area (Å²) in [6.45, 7) is 0. The largest absolute Gasteiger partial charge is 0.490 e. The summed E-state index contributed by atoms with van der Waals surface area (Å²) in [5.74, 6) is -2.76. The molecule has 0 amide bonds. The number of H-pyrrole nitrogens is 1. The number of aromatic nitrogens is 3. The summed E-state index contributed by atoms with van der Waals surface area (Å²) in [4.78, 5) is 19.6. The molecule has 0 atom stereocenters. The van der Waals surface area contributed by atoms with E-state index in [2.05, 4.69) is 15.0 Å². The third-order valence-corrected chi connectivity index (χ3v) is 1.69. The number of hydrogen-bond donors (Lipinski definition) is 2. The molecule has 0 radical (unpaired) electrons. The van der Waals surface area contributed by atoms with Crippen LogP contribution in [-0.2, 0) is 4.79 Å². The molecule has 0 aliphatic carbocycles. The molecule has 0 aliphatic heterocycles. The molecule has 2 aromatic heterocycles. The predicted octanol–water partition coefficient (Wildman–Crippen LogP) is 1.46. The van der Waals surface area contributed by atoms with E-state index in [9.17, 15) is 13.2 Å². The van der Waals surface area contributed by atoms with Crippen LogP contribution in [0.25, 0.3) is 11.0 Å². The van der Waals surface area contributed by atoms with Gasteiger partial charge >= 0.3 is 12.1 Å². The van der Waals surface area contributed by atoms with E-state index >= 15 is 0 Å². The highest BCUT2D eigenvalue weighted by atomic mass is 19.4. The molecule has 0 aromatic carbocycles. The molecule has 0 saturated carbocycles. The molecule has 6 nitrogen and oxygen atoms in total. The minimum absolute atomic E-state index is 0.365. The lowest BCUT2D eigenvalue weighted by atomic mass is 10.3. The van der Waals surface area contributed by atoms with Crippen LogP contribution in [0.15, 0.2) is 18.6 Å². The van der Waals surface area contributed by atoms with Gasteiger partial charge in [-0.25, -0.2) is 14.8 Å². The van der Waals surface area contributed by atoms with Crippen LogP contribution in [0, 0.1) is 11.3 Å². The topological polar surface area (TPSA) is 103 Å². The van der Waals surface area contributed by atoms with Gasteiger partial charge in [-0.1, -0.05) is 0 Å². The van der Waals surface area contributed by atoms with Crippen LogP contribution in [0.2, 0.25) is 0 Å². The van der Waals surface area contributed by atoms with Gasteiger partial charge in [-0.3, -0.25) is 0 Å². The highest BCUT2D eigenvalue weighted by Crippen LogP contribution is 2.13. The molecule has 2 N–H and O–H groups in total. The van der Waals surface area contributed by atoms with Crippen molar-refractivity contribution >= 4 is 17.0 Å². The number of aromatic amines is 1. The van der Waals surface area contributed by atoms with E-state index in [4.69, 9.17) is 15.2 Å². The number of aliphatic carboxylic acids is 1. The van der Waals surface area contributed by atoms with Crippen LogP contribution in [0.4, 0.5) is 13.2 Å². The van der Waals surface area contributed by atoms with Crippen molar-refractivity contribution in [3.63, 3.8) is 0 Å². The summed E-state index contributed by atoms with van der Waals surface area (Å²) in [5.41, 5.74) is 1.84. The number of carboxylic acid groups (broad SMARTS) is 1. The Morgan fingerprint density at radius 2 is 2.06 bits per heavy atom. The Labute approximate surface area is 97.7 Å². The SMILES string of the molecule is N#Cc1nccc2[nH]cnc12.O=C(O)C(F)(F)F. The Bertz CT molecular complexity index is 600. The van der Waals surface area contributed by atoms with Gasteiger partial charge in [0.1, 0.15) is 11.6 Å². The van der Waals surface area contributed by atoms with E-state index < -0.39 is 12.1 Å². The number of rotatable bonds is 0. The molecular weight excluding hydrogens is 253 g/mol. The minimum Gasteiger partial charge on any atom is -0.475 e. The van der Waals surface area contributed by atoms with E-state index in [1.165, 1.54) is 0 Å². The van der Waals surface area contributed by atoms with Gasteiger partial charge < -0.3 is 10.1 Å². The quantitative estimate of drug-likeness (QED) is 0.744. The van der Waals surface area contributed by atoms with E-state index in [0.717, 1.165) is 5.52 Å². The standard InChI is InChI=1S/C7H4N4.C2HF3O2/c8-3-6-7-5(1-2-9-6)10-4-11-7;3-2(4,5)1(6)7/h1-2,4H,(H,10,11);(H,6,7). The maximum Gasteiger partial charge on any atom is 0.490 e. The number of nitrogens with one attached hydrogen (secondary N) is 1. The van der Waals surface area contributed by atoms with Gasteiger partial charge in [-0.05, 0) is 6.07 Å². The third kappa shape index (κ3) is 3.18. The van der Waals surface area contributed by atoms with Gasteiger partial charge in [0.15, 0.2) is 5.69 Å². The molecule has 0 bridgehead atoms. The summed E-state index contributed by atoms with van der Waals surface area (Å²) in [6.07, 6.45) is -1.95. The number of carbonyl (C=O) groups is 1. The van der Waals surface area contributed by atoms with Crippen molar-refractivity contribution < 1.29 is 23.1 Å². The highest BCUT2D eigenvalue weighted by Gasteiger charge is 2.38. The Kier molecular flexibility index (Phi) is 3.83. The smallest absolute Gasteiger partial charge is 0.475 e. The molecule has 0 unspecified atom stereocenters. The van der Waals surface area contributed by atoms with Crippen molar-refractivity contribution in [1.29, 1.82) is 5.26 Å². The molecule has 94 valence electrons. The molecule has 2 heterocycles. The van der Waals surface area contributed by atoms with Crippen LogP contribution in [0.3, 0.4) is 0 Å². The summed E-state index contributed by atoms with van der Waals surface area (Å²) >= 11 is 0. The van der Waals surface area contributed by atoms with Gasteiger partial charge in [0, 0.05) is 6.20 Å². The molecule has 9 heteroatoms. The second kappa shape index (κ2) is 5.13. The number of alkyl halides is 3. The molecule has 2 aromatic rings. The van der Waals surface area contributed by atoms with E-state index in [-0.39, 0.29) is 0 Å². The summed E-state index contributed by atoms with van der Waals surface area (Å²) in [6, 6.07) is 3.74. The lowest BCUT2D eigenvalue weighted by molar-refractivity contribution is -0.192. The first-order valence-corrected chi connectivity index (χ1v) is 4.34. The lowest BCUT2D eigenvalue weighted by Gasteiger charge is -1.93. The number of halogens is 3. The number of nitriles is 1. The first kappa shape index (κ1) is 13.4. The first-order valence-electron chi connectivity index (χ1n) is 4.34. The van der Waals surface area contributed by atoms with Gasteiger partial charge in [0.25, 0.3) is 0 Å². The minimum atomic E-state index is -5.08. The van der Waals surface area contributed by atoms with Crippen molar-refractivity contribution in [2.24, 2.45) is 0 Å². The lowest BCUT2D eigenvalue weighted by Crippen LogP contribution is -2.21. The fourth-order valence-corrected chi connectivity index (χ4v) is 0.949. The number of hydrogen-bond acceptors (Lipinski definition) is 4. The Balaban J connectivity index is 0.000000203. The molecule has 0 saturated heterocycles. The molecule has 2 rings (SSSR count). The van der Waals surface area contributed by atoms with Gasteiger partial charge in [0.05, 0.1) is 11.8 Å². The zero-order valence-electron chi connectivity index (χ0n) is 8.56. The number of pyridine rings is 1. The van der Waals surface area contributed by atoms with Gasteiger partial charge in [-0.2, -0.15) is 18.4 Å². The van der Waals surface area contributed by atoms with Crippen LogP contribution < -0.4 is 0 Å². The van der Waals surface area contributed by atoms with Crippen molar-refractivity contribution in [1.82, 2.24) is 15.0 Å². The maximum absolute atomic E-state index is 10.6. The van der Waals surface area contributed by atoms with Gasteiger partial charge in [-0.15, -0.1) is 0 Å². The fraction of sp³-hybridized carbons (Fsp3) is 0.111. The molecule has 0 fully saturated rings. The monoisotopic (exact) mass is 258 g/mol. The Morgan fingerprint density at radius 3 is 2.56 bits per heavy atom. The second-order valence-electron chi connectivity index (χ2n) is 2.87. The highest BCUT2D eigenvalue weighted by molar-refractivity contribution is 5.78. The van der Waals surface area contributed by atoms with Gasteiger partial charge in [0.2, 0.25) is 0 Å². The Hall–Kier alpha value is -2.63. The summed E-state index contributed by atoms with van der Waals surface area (Å²) < 4.78 is 31.7. The fourth-order valence-electron chi connectivity index (χ4n) is 0.949. The molecule has 0 spiro atoms. The molecule has 0 aliphatic rings. The maximum atomic E-state index is 10.6. The van der Waals surface area contributed by atoms with Crippen LogP contribution in [0.5, 0.6) is 0 Å². The zero-order valence-corrected chi connectivity index (χ0v) is 8.56. The first-order chi connectivity index (χ1) is 8.36. The predicted molar refractivity (Wildman–Crippen MR) is 52.3 cm³/mol. The van der Waals surface area contributed by atoms with Crippen LogP contribution >= 0.6 is 0 Å². The van der Waals surface area contributed by atoms with E-state index in [1.54, 1.807) is 18.6 Å². The molecule has 18 heavy (non-hydrogen) atoms. The second-order valence-corrected chi connectivity index (χ2v) is 2.87. The van der Waals surface area contributed by atoms with Crippen LogP contribution in [-0.4, -0.2) is 32.2 Å². The van der Waals surface area contributed by atoms with E-state index in [0.29, 0.717) is 11.2 Å².